The average molecular weight is 518 g/mol. The summed E-state index contributed by atoms with van der Waals surface area (Å²) in [6.45, 7) is 2.03. The molecule has 0 saturated heterocycles. The summed E-state index contributed by atoms with van der Waals surface area (Å²) in [5.74, 6) is 1.24. The van der Waals surface area contributed by atoms with Crippen molar-refractivity contribution in [1.82, 2.24) is 20.2 Å². The van der Waals surface area contributed by atoms with Gasteiger partial charge in [-0.3, -0.25) is 9.36 Å². The highest BCUT2D eigenvalue weighted by Crippen LogP contribution is 2.29. The molecule has 7 nitrogen and oxygen atoms in total. The first-order valence-corrected chi connectivity index (χ1v) is 12.4. The summed E-state index contributed by atoms with van der Waals surface area (Å²) < 4.78 is 7.20. The topological polar surface area (TPSA) is 81.4 Å². The van der Waals surface area contributed by atoms with Crippen molar-refractivity contribution in [1.29, 1.82) is 0 Å². The van der Waals surface area contributed by atoms with Gasteiger partial charge in [-0.05, 0) is 55.0 Å². The fourth-order valence-electron chi connectivity index (χ4n) is 3.29. The van der Waals surface area contributed by atoms with Crippen molar-refractivity contribution < 1.29 is 9.53 Å². The predicted molar refractivity (Wildman–Crippen MR) is 146 cm³/mol. The van der Waals surface area contributed by atoms with Crippen LogP contribution in [0.15, 0.2) is 94.2 Å². The van der Waals surface area contributed by atoms with E-state index in [4.69, 9.17) is 16.3 Å². The number of carbonyl (C=O) groups is 1. The number of carbonyl (C=O) groups excluding carboxylic acids is 1. The van der Waals surface area contributed by atoms with E-state index in [-0.39, 0.29) is 11.7 Å². The van der Waals surface area contributed by atoms with E-state index >= 15 is 0 Å². The first-order chi connectivity index (χ1) is 17.5. The summed E-state index contributed by atoms with van der Waals surface area (Å²) >= 11 is 7.45. The quantitative estimate of drug-likeness (QED) is 0.174. The first kappa shape index (κ1) is 25.2. The minimum absolute atomic E-state index is 0.101. The van der Waals surface area contributed by atoms with Gasteiger partial charge in [0.15, 0.2) is 11.0 Å². The molecule has 4 rings (SSSR count). The van der Waals surface area contributed by atoms with E-state index < -0.39 is 0 Å². The Labute approximate surface area is 218 Å². The fourth-order valence-corrected chi connectivity index (χ4v) is 4.21. The van der Waals surface area contributed by atoms with Crippen molar-refractivity contribution in [2.75, 3.05) is 12.9 Å². The van der Waals surface area contributed by atoms with Gasteiger partial charge < -0.3 is 4.74 Å². The third kappa shape index (κ3) is 6.62. The summed E-state index contributed by atoms with van der Waals surface area (Å²) in [6, 6.07) is 25.3. The maximum absolute atomic E-state index is 12.4. The fraction of sp³-hybridized carbons (Fsp3) is 0.111. The Morgan fingerprint density at radius 1 is 1.06 bits per heavy atom. The number of nitrogens with zero attached hydrogens (tertiary/aromatic N) is 4. The Morgan fingerprint density at radius 3 is 2.47 bits per heavy atom. The van der Waals surface area contributed by atoms with Gasteiger partial charge in [0, 0.05) is 11.3 Å². The Bertz CT molecular complexity index is 1370. The average Bonchev–Trinajstić information content (AvgIpc) is 3.32. The van der Waals surface area contributed by atoms with E-state index in [1.54, 1.807) is 13.2 Å². The molecule has 4 aromatic rings. The molecule has 0 bridgehead atoms. The van der Waals surface area contributed by atoms with Crippen molar-refractivity contribution in [2.45, 2.75) is 12.1 Å². The molecule has 3 aromatic carbocycles. The van der Waals surface area contributed by atoms with Crippen LogP contribution in [0, 0.1) is 6.92 Å². The lowest BCUT2D eigenvalue weighted by atomic mass is 10.2. The van der Waals surface area contributed by atoms with Gasteiger partial charge in [-0.15, -0.1) is 10.2 Å². The normalized spacial score (nSPS) is 11.6. The minimum Gasteiger partial charge on any atom is -0.497 e. The second-order valence-electron chi connectivity index (χ2n) is 7.73. The number of aryl methyl sites for hydroxylation is 1. The monoisotopic (exact) mass is 517 g/mol. The van der Waals surface area contributed by atoms with Crippen molar-refractivity contribution >= 4 is 41.6 Å². The number of amides is 1. The molecule has 36 heavy (non-hydrogen) atoms. The zero-order chi connectivity index (χ0) is 25.3. The van der Waals surface area contributed by atoms with Crippen LogP contribution < -0.4 is 10.2 Å². The summed E-state index contributed by atoms with van der Waals surface area (Å²) in [7, 11) is 1.63. The molecule has 182 valence electrons. The highest BCUT2D eigenvalue weighted by molar-refractivity contribution is 7.99. The highest BCUT2D eigenvalue weighted by Gasteiger charge is 2.17. The zero-order valence-electron chi connectivity index (χ0n) is 19.8. The van der Waals surface area contributed by atoms with Gasteiger partial charge >= 0.3 is 0 Å². The van der Waals surface area contributed by atoms with Gasteiger partial charge in [0.2, 0.25) is 0 Å². The summed E-state index contributed by atoms with van der Waals surface area (Å²) in [5.41, 5.74) is 6.36. The molecular weight excluding hydrogens is 494 g/mol. The van der Waals surface area contributed by atoms with E-state index in [1.165, 1.54) is 18.0 Å². The second kappa shape index (κ2) is 12.2. The molecule has 0 fully saturated rings. The molecule has 1 N–H and O–H groups in total. The standard InChI is InChI=1S/C27H24ClN5O2S/c1-19-8-12-23(13-9-19)33-26(21-10-14-24(35-2)15-11-21)31-32-27(33)36-18-25(34)30-29-17-22(28)16-20-6-4-3-5-7-20/h3-17H,18H2,1-2H3,(H,30,34)/b22-16-,29-17-. The van der Waals surface area contributed by atoms with Gasteiger partial charge in [0.25, 0.3) is 5.91 Å². The maximum Gasteiger partial charge on any atom is 0.250 e. The number of hydrogen-bond acceptors (Lipinski definition) is 6. The van der Waals surface area contributed by atoms with Gasteiger partial charge in [0.1, 0.15) is 5.75 Å². The SMILES string of the molecule is COc1ccc(-c2nnc(SCC(=O)N/N=C\C(Cl)=C\c3ccccc3)n2-c2ccc(C)cc2)cc1. The van der Waals surface area contributed by atoms with Crippen molar-refractivity contribution in [3.63, 3.8) is 0 Å². The molecule has 0 unspecified atom stereocenters. The van der Waals surface area contributed by atoms with Crippen LogP contribution in [0.25, 0.3) is 23.2 Å². The molecule has 1 heterocycles. The van der Waals surface area contributed by atoms with Crippen LogP contribution >= 0.6 is 23.4 Å². The van der Waals surface area contributed by atoms with E-state index in [1.807, 2.05) is 90.4 Å². The molecule has 9 heteroatoms. The number of methoxy groups -OCH3 is 1. The number of ether oxygens (including phenoxy) is 1. The lowest BCUT2D eigenvalue weighted by Crippen LogP contribution is -2.19. The Morgan fingerprint density at radius 2 is 1.78 bits per heavy atom. The van der Waals surface area contributed by atoms with E-state index in [0.717, 1.165) is 28.1 Å². The van der Waals surface area contributed by atoms with Crippen LogP contribution in [-0.4, -0.2) is 39.7 Å². The lowest BCUT2D eigenvalue weighted by Gasteiger charge is -2.11. The maximum atomic E-state index is 12.4. The predicted octanol–water partition coefficient (Wildman–Crippen LogP) is 5.73. The summed E-state index contributed by atoms with van der Waals surface area (Å²) in [5, 5.41) is 13.7. The number of benzene rings is 3. The van der Waals surface area contributed by atoms with Crippen molar-refractivity contribution in [2.24, 2.45) is 5.10 Å². The number of rotatable bonds is 9. The Balaban J connectivity index is 1.47. The second-order valence-corrected chi connectivity index (χ2v) is 9.11. The highest BCUT2D eigenvalue weighted by atomic mass is 35.5. The number of hydrogen-bond donors (Lipinski definition) is 1. The van der Waals surface area contributed by atoms with Crippen LogP contribution in [0.2, 0.25) is 0 Å². The Kier molecular flexibility index (Phi) is 8.54. The molecule has 0 atom stereocenters. The smallest absolute Gasteiger partial charge is 0.250 e. The third-order valence-corrected chi connectivity index (χ3v) is 6.22. The van der Waals surface area contributed by atoms with Crippen molar-refractivity contribution in [3.05, 3.63) is 95.0 Å². The lowest BCUT2D eigenvalue weighted by molar-refractivity contribution is -0.118. The zero-order valence-corrected chi connectivity index (χ0v) is 21.3. The number of nitrogens with one attached hydrogen (secondary N) is 1. The number of thioether (sulfide) groups is 1. The Hall–Kier alpha value is -3.88. The third-order valence-electron chi connectivity index (χ3n) is 5.09. The van der Waals surface area contributed by atoms with Gasteiger partial charge in [-0.25, -0.2) is 5.43 Å². The largest absolute Gasteiger partial charge is 0.497 e. The number of halogens is 1. The van der Waals surface area contributed by atoms with E-state index in [0.29, 0.717) is 16.0 Å². The first-order valence-electron chi connectivity index (χ1n) is 11.1. The molecule has 0 aliphatic rings. The van der Waals surface area contributed by atoms with Gasteiger partial charge in [0.05, 0.1) is 24.1 Å². The molecule has 0 aliphatic carbocycles. The molecule has 0 radical (unpaired) electrons. The van der Waals surface area contributed by atoms with Crippen LogP contribution in [-0.2, 0) is 4.79 Å². The van der Waals surface area contributed by atoms with E-state index in [9.17, 15) is 4.79 Å². The van der Waals surface area contributed by atoms with Crippen LogP contribution in [0.5, 0.6) is 5.75 Å². The van der Waals surface area contributed by atoms with E-state index in [2.05, 4.69) is 20.7 Å². The molecule has 0 aliphatic heterocycles. The van der Waals surface area contributed by atoms with Crippen molar-refractivity contribution in [3.8, 4) is 22.8 Å². The molecule has 0 spiro atoms. The molecule has 1 aromatic heterocycles. The number of aromatic nitrogens is 3. The van der Waals surface area contributed by atoms with Gasteiger partial charge in [-0.1, -0.05) is 71.4 Å². The number of allylic oxidation sites excluding steroid dienone is 1. The summed E-state index contributed by atoms with van der Waals surface area (Å²) in [6.07, 6.45) is 3.16. The molecular formula is C27H24ClN5O2S. The number of hydrazone groups is 1. The summed E-state index contributed by atoms with van der Waals surface area (Å²) in [4.78, 5) is 12.4. The molecule has 0 saturated carbocycles. The van der Waals surface area contributed by atoms with Crippen LogP contribution in [0.4, 0.5) is 0 Å². The van der Waals surface area contributed by atoms with Gasteiger partial charge in [-0.2, -0.15) is 5.10 Å². The minimum atomic E-state index is -0.287. The molecule has 1 amide bonds. The van der Waals surface area contributed by atoms with Crippen LogP contribution in [0.1, 0.15) is 11.1 Å². The van der Waals surface area contributed by atoms with Crippen LogP contribution in [0.3, 0.4) is 0 Å².